The molecule has 52 heavy (non-hydrogen) atoms. The molecular formula is C39H34ClF2N3O7. The molecule has 1 N–H and O–H groups in total. The number of anilines is 2. The third-order valence-corrected chi connectivity index (χ3v) is 7.84. The third kappa shape index (κ3) is 9.34. The summed E-state index contributed by atoms with van der Waals surface area (Å²) in [5.74, 6) is -0.185. The van der Waals surface area contributed by atoms with Gasteiger partial charge in [-0.05, 0) is 98.8 Å². The summed E-state index contributed by atoms with van der Waals surface area (Å²) < 4.78 is 50.0. The lowest BCUT2D eigenvalue weighted by Gasteiger charge is -2.22. The molecule has 0 radical (unpaired) electrons. The quantitative estimate of drug-likeness (QED) is 0.149. The van der Waals surface area contributed by atoms with Gasteiger partial charge in [-0.2, -0.15) is 4.98 Å². The number of carbonyl (C=O) groups excluding carboxylic acids is 2. The van der Waals surface area contributed by atoms with Gasteiger partial charge < -0.3 is 33.5 Å². The first-order valence-electron chi connectivity index (χ1n) is 15.9. The third-order valence-electron chi connectivity index (χ3n) is 7.61. The number of ether oxygens (including phenoxy) is 3. The molecule has 0 aliphatic rings. The molecule has 6 rings (SSSR count). The zero-order valence-corrected chi connectivity index (χ0v) is 29.3. The number of phenolic OH excluding ortho intramolecular Hbond substituents is 1. The maximum atomic E-state index is 13.9. The van der Waals surface area contributed by atoms with E-state index in [1.54, 1.807) is 92.7 Å². The van der Waals surface area contributed by atoms with Crippen LogP contribution in [0.25, 0.3) is 11.1 Å². The van der Waals surface area contributed by atoms with Crippen LogP contribution >= 0.6 is 11.6 Å². The number of nitrogens with zero attached hydrogens (tertiary/aromatic N) is 3. The summed E-state index contributed by atoms with van der Waals surface area (Å²) in [5, 5.41) is 9.74. The minimum absolute atomic E-state index is 0.0843. The predicted molar refractivity (Wildman–Crippen MR) is 193 cm³/mol. The summed E-state index contributed by atoms with van der Waals surface area (Å²) in [5.41, 5.74) is 1.54. The number of benzene rings is 5. The Kier molecular flexibility index (Phi) is 11.9. The van der Waals surface area contributed by atoms with Crippen LogP contribution in [0.1, 0.15) is 13.8 Å². The predicted octanol–water partition coefficient (Wildman–Crippen LogP) is 8.80. The summed E-state index contributed by atoms with van der Waals surface area (Å²) in [6, 6.07) is 29.9. The van der Waals surface area contributed by atoms with Crippen LogP contribution in [-0.4, -0.2) is 48.2 Å². The second-order valence-electron chi connectivity index (χ2n) is 11.4. The molecule has 6 aromatic rings. The average Bonchev–Trinajstić information content (AvgIpc) is 3.54. The fourth-order valence-corrected chi connectivity index (χ4v) is 5.03. The van der Waals surface area contributed by atoms with E-state index >= 15 is 0 Å². The zero-order chi connectivity index (χ0) is 37.4. The van der Waals surface area contributed by atoms with Crippen LogP contribution in [0.2, 0.25) is 5.02 Å². The number of hydrogen-bond acceptors (Lipinski definition) is 8. The van der Waals surface area contributed by atoms with Crippen molar-refractivity contribution in [3.63, 3.8) is 0 Å². The molecule has 0 aliphatic carbocycles. The first-order valence-corrected chi connectivity index (χ1v) is 16.3. The number of aromatic hydroxyl groups is 1. The number of oxazole rings is 1. The summed E-state index contributed by atoms with van der Waals surface area (Å²) >= 11 is 5.94. The van der Waals surface area contributed by atoms with Crippen LogP contribution < -0.4 is 24.0 Å². The van der Waals surface area contributed by atoms with Crippen molar-refractivity contribution in [1.82, 2.24) is 4.98 Å². The lowest BCUT2D eigenvalue weighted by molar-refractivity contribution is -0.125. The molecule has 5 aromatic carbocycles. The number of hydrogen-bond donors (Lipinski definition) is 1. The Balaban J connectivity index is 0.000000217. The summed E-state index contributed by atoms with van der Waals surface area (Å²) in [6.07, 6.45) is -1.52. The van der Waals surface area contributed by atoms with Gasteiger partial charge in [-0.3, -0.25) is 9.59 Å². The summed E-state index contributed by atoms with van der Waals surface area (Å²) in [6.45, 7) is 3.19. The number of rotatable bonds is 10. The lowest BCUT2D eigenvalue weighted by atomic mass is 10.2. The maximum absolute atomic E-state index is 13.9. The maximum Gasteiger partial charge on any atom is 0.400 e. The normalized spacial score (nSPS) is 11.8. The van der Waals surface area contributed by atoms with Gasteiger partial charge in [0.1, 0.15) is 40.1 Å². The molecule has 268 valence electrons. The fraction of sp³-hybridized carbons (Fsp3) is 0.154. The van der Waals surface area contributed by atoms with Crippen molar-refractivity contribution in [3.8, 4) is 29.1 Å². The number of likely N-dealkylation sites (N-methyl/N-ethyl adjacent to an activating group) is 2. The van der Waals surface area contributed by atoms with Gasteiger partial charge in [-0.25, -0.2) is 8.78 Å². The van der Waals surface area contributed by atoms with Crippen molar-refractivity contribution in [2.75, 3.05) is 23.9 Å². The number of amides is 2. The molecule has 0 aliphatic heterocycles. The number of halogens is 3. The molecule has 2 unspecified atom stereocenters. The molecule has 0 saturated carbocycles. The van der Waals surface area contributed by atoms with E-state index < -0.39 is 23.8 Å². The van der Waals surface area contributed by atoms with Crippen molar-refractivity contribution < 1.29 is 42.1 Å². The van der Waals surface area contributed by atoms with Crippen molar-refractivity contribution in [1.29, 1.82) is 0 Å². The molecule has 0 fully saturated rings. The van der Waals surface area contributed by atoms with Gasteiger partial charge in [-0.1, -0.05) is 35.9 Å². The smallest absolute Gasteiger partial charge is 0.400 e. The van der Waals surface area contributed by atoms with Gasteiger partial charge in [0.25, 0.3) is 11.8 Å². The minimum atomic E-state index is -0.821. The van der Waals surface area contributed by atoms with Gasteiger partial charge >= 0.3 is 6.08 Å². The van der Waals surface area contributed by atoms with Crippen molar-refractivity contribution >= 4 is 45.9 Å². The first-order chi connectivity index (χ1) is 24.9. The molecule has 0 saturated heterocycles. The molecule has 2 atom stereocenters. The Hall–Kier alpha value is -6.14. The molecule has 1 heterocycles. The second-order valence-corrected chi connectivity index (χ2v) is 11.8. The molecule has 10 nitrogen and oxygen atoms in total. The Morgan fingerprint density at radius 2 is 1.17 bits per heavy atom. The Labute approximate surface area is 303 Å². The van der Waals surface area contributed by atoms with E-state index in [1.165, 1.54) is 60.3 Å². The van der Waals surface area contributed by atoms with Crippen molar-refractivity contribution in [2.24, 2.45) is 0 Å². The fourth-order valence-electron chi connectivity index (χ4n) is 4.87. The standard InChI is InChI=1S/C23H18ClFN2O4.C16H16FNO3/c1-14(22(28)27(2)20-6-4-3-5-18(20)25)29-16-8-10-17(11-9-16)30-23-26-19-12-7-15(24)13-21(19)31-23;1-11(21-13-9-7-12(19)8-10-13)16(20)18(2)15-6-4-3-5-14(15)17/h3-14H,1-2H3;3-11,19H,1-2H3. The van der Waals surface area contributed by atoms with Gasteiger partial charge in [0.2, 0.25) is 0 Å². The molecular weight excluding hydrogens is 696 g/mol. The Bertz CT molecular complexity index is 2150. The van der Waals surface area contributed by atoms with E-state index in [1.807, 2.05) is 0 Å². The van der Waals surface area contributed by atoms with E-state index in [-0.39, 0.29) is 35.0 Å². The van der Waals surface area contributed by atoms with E-state index in [0.717, 1.165) is 0 Å². The highest BCUT2D eigenvalue weighted by Crippen LogP contribution is 2.29. The Morgan fingerprint density at radius 3 is 1.67 bits per heavy atom. The largest absolute Gasteiger partial charge is 0.508 e. The van der Waals surface area contributed by atoms with E-state index in [2.05, 4.69) is 4.98 Å². The highest BCUT2D eigenvalue weighted by Gasteiger charge is 2.23. The highest BCUT2D eigenvalue weighted by atomic mass is 35.5. The van der Waals surface area contributed by atoms with Crippen LogP contribution in [0, 0.1) is 11.6 Å². The highest BCUT2D eigenvalue weighted by molar-refractivity contribution is 6.31. The van der Waals surface area contributed by atoms with E-state index in [0.29, 0.717) is 33.4 Å². The number of carbonyl (C=O) groups is 2. The van der Waals surface area contributed by atoms with Crippen molar-refractivity contribution in [3.05, 3.63) is 132 Å². The van der Waals surface area contributed by atoms with Crippen LogP contribution in [0.3, 0.4) is 0 Å². The Morgan fingerprint density at radius 1 is 0.712 bits per heavy atom. The lowest BCUT2D eigenvalue weighted by Crippen LogP contribution is -2.38. The van der Waals surface area contributed by atoms with Crippen molar-refractivity contribution in [2.45, 2.75) is 26.1 Å². The number of fused-ring (bicyclic) bond motifs is 1. The number of para-hydroxylation sites is 2. The molecule has 2 amide bonds. The average molecular weight is 730 g/mol. The van der Waals surface area contributed by atoms with E-state index in [9.17, 15) is 23.5 Å². The van der Waals surface area contributed by atoms with Crippen LogP contribution in [0.15, 0.2) is 120 Å². The monoisotopic (exact) mass is 729 g/mol. The summed E-state index contributed by atoms with van der Waals surface area (Å²) in [7, 11) is 3.00. The molecule has 13 heteroatoms. The topological polar surface area (TPSA) is 115 Å². The van der Waals surface area contributed by atoms with E-state index in [4.69, 9.17) is 30.2 Å². The zero-order valence-electron chi connectivity index (χ0n) is 28.5. The minimum Gasteiger partial charge on any atom is -0.508 e. The first kappa shape index (κ1) is 37.1. The molecule has 1 aromatic heterocycles. The van der Waals surface area contributed by atoms with Gasteiger partial charge in [-0.15, -0.1) is 0 Å². The SMILES string of the molecule is CC(Oc1ccc(O)cc1)C(=O)N(C)c1ccccc1F.CC(Oc1ccc(Oc2nc3ccc(Cl)cc3o2)cc1)C(=O)N(C)c1ccccc1F. The second kappa shape index (κ2) is 16.7. The van der Waals surface area contributed by atoms with Crippen LogP contribution in [0.4, 0.5) is 20.2 Å². The number of aromatic nitrogens is 1. The van der Waals surface area contributed by atoms with Gasteiger partial charge in [0.15, 0.2) is 17.8 Å². The summed E-state index contributed by atoms with van der Waals surface area (Å²) in [4.78, 5) is 31.5. The number of phenols is 1. The van der Waals surface area contributed by atoms with Gasteiger partial charge in [0, 0.05) is 25.2 Å². The van der Waals surface area contributed by atoms with Gasteiger partial charge in [0.05, 0.1) is 11.4 Å². The van der Waals surface area contributed by atoms with Crippen LogP contribution in [0.5, 0.6) is 29.1 Å². The van der Waals surface area contributed by atoms with Crippen LogP contribution in [-0.2, 0) is 9.59 Å². The molecule has 0 bridgehead atoms. The molecule has 0 spiro atoms.